The van der Waals surface area contributed by atoms with Crippen LogP contribution in [0.4, 0.5) is 11.4 Å². The van der Waals surface area contributed by atoms with Crippen LogP contribution in [0, 0.1) is 20.8 Å². The van der Waals surface area contributed by atoms with Gasteiger partial charge in [0.2, 0.25) is 5.91 Å². The molecule has 0 saturated heterocycles. The highest BCUT2D eigenvalue weighted by Gasteiger charge is 2.15. The van der Waals surface area contributed by atoms with Crippen LogP contribution in [0.5, 0.6) is 0 Å². The zero-order valence-electron chi connectivity index (χ0n) is 11.4. The Hall–Kier alpha value is -2.85. The van der Waals surface area contributed by atoms with Crippen molar-refractivity contribution < 1.29 is 9.72 Å². The molecule has 0 saturated carbocycles. The maximum absolute atomic E-state index is 12.0. The molecule has 0 fully saturated rings. The highest BCUT2D eigenvalue weighted by Crippen LogP contribution is 2.21. The number of anilines is 1. The van der Waals surface area contributed by atoms with Crippen molar-refractivity contribution in [2.45, 2.75) is 11.3 Å². The number of nitrogens with one attached hydrogen (secondary N) is 1. The normalized spacial score (nSPS) is 9.77. The first-order valence-electron chi connectivity index (χ1n) is 6.28. The topological polar surface area (TPSA) is 96.0 Å². The van der Waals surface area contributed by atoms with Crippen molar-refractivity contribution in [2.75, 3.05) is 5.32 Å². The van der Waals surface area contributed by atoms with Crippen molar-refractivity contribution in [1.29, 1.82) is 5.26 Å². The zero-order valence-corrected chi connectivity index (χ0v) is 12.2. The van der Waals surface area contributed by atoms with E-state index in [1.54, 1.807) is 42.5 Å². The zero-order chi connectivity index (χ0) is 15.9. The van der Waals surface area contributed by atoms with Gasteiger partial charge in [0.1, 0.15) is 5.40 Å². The number of nitro benzene ring substituents is 1. The molecule has 0 radical (unpaired) electrons. The summed E-state index contributed by atoms with van der Waals surface area (Å²) in [5.41, 5.74) is 0.867. The Morgan fingerprint density at radius 2 is 1.91 bits per heavy atom. The Morgan fingerprint density at radius 1 is 1.23 bits per heavy atom. The molecular formula is C15H11N3O3S. The molecule has 0 aliphatic rings. The van der Waals surface area contributed by atoms with Crippen LogP contribution in [-0.2, 0) is 11.2 Å². The van der Waals surface area contributed by atoms with E-state index in [2.05, 4.69) is 5.32 Å². The molecule has 0 aliphatic carbocycles. The SMILES string of the molecule is N#CSc1ccc(NC(=O)Cc2ccccc2[N+](=O)[O-])cc1. The van der Waals surface area contributed by atoms with E-state index in [1.165, 1.54) is 6.07 Å². The standard InChI is InChI=1S/C15H11N3O3S/c16-10-22-13-7-5-12(6-8-13)17-15(19)9-11-3-1-2-4-14(11)18(20)21/h1-8H,9H2,(H,17,19). The van der Waals surface area contributed by atoms with Crippen LogP contribution in [0.25, 0.3) is 0 Å². The second kappa shape index (κ2) is 7.24. The summed E-state index contributed by atoms with van der Waals surface area (Å²) in [6, 6.07) is 12.9. The van der Waals surface area contributed by atoms with E-state index in [1.807, 2.05) is 5.40 Å². The summed E-state index contributed by atoms with van der Waals surface area (Å²) < 4.78 is 0. The van der Waals surface area contributed by atoms with Gasteiger partial charge in [0.05, 0.1) is 11.3 Å². The van der Waals surface area contributed by atoms with Gasteiger partial charge in [-0.1, -0.05) is 18.2 Å². The van der Waals surface area contributed by atoms with Crippen LogP contribution in [0.2, 0.25) is 0 Å². The second-order valence-electron chi connectivity index (χ2n) is 4.33. The summed E-state index contributed by atoms with van der Waals surface area (Å²) in [7, 11) is 0. The average Bonchev–Trinajstić information content (AvgIpc) is 2.50. The molecule has 0 bridgehead atoms. The molecule has 110 valence electrons. The third kappa shape index (κ3) is 4.07. The Morgan fingerprint density at radius 3 is 2.55 bits per heavy atom. The highest BCUT2D eigenvalue weighted by atomic mass is 32.2. The Labute approximate surface area is 130 Å². The van der Waals surface area contributed by atoms with Crippen molar-refractivity contribution in [2.24, 2.45) is 0 Å². The van der Waals surface area contributed by atoms with Crippen LogP contribution in [0.15, 0.2) is 53.4 Å². The maximum Gasteiger partial charge on any atom is 0.273 e. The number of nitrogens with zero attached hydrogens (tertiary/aromatic N) is 2. The molecule has 0 unspecified atom stereocenters. The number of nitriles is 1. The van der Waals surface area contributed by atoms with E-state index in [9.17, 15) is 14.9 Å². The smallest absolute Gasteiger partial charge is 0.273 e. The Kier molecular flexibility index (Phi) is 5.11. The minimum Gasteiger partial charge on any atom is -0.326 e. The lowest BCUT2D eigenvalue weighted by Gasteiger charge is -2.06. The number of carbonyl (C=O) groups excluding carboxylic acids is 1. The van der Waals surface area contributed by atoms with Gasteiger partial charge in [-0.2, -0.15) is 5.26 Å². The maximum atomic E-state index is 12.0. The van der Waals surface area contributed by atoms with Gasteiger partial charge in [-0.3, -0.25) is 14.9 Å². The van der Waals surface area contributed by atoms with Gasteiger partial charge in [-0.15, -0.1) is 0 Å². The number of amides is 1. The summed E-state index contributed by atoms with van der Waals surface area (Å²) in [4.78, 5) is 23.2. The number of thioether (sulfide) groups is 1. The van der Waals surface area contributed by atoms with E-state index in [0.29, 0.717) is 11.3 Å². The minimum absolute atomic E-state index is 0.0709. The lowest BCUT2D eigenvalue weighted by Crippen LogP contribution is -2.15. The summed E-state index contributed by atoms with van der Waals surface area (Å²) in [5, 5.41) is 24.1. The van der Waals surface area contributed by atoms with Crippen LogP contribution in [0.3, 0.4) is 0 Å². The molecule has 2 aromatic rings. The molecule has 0 heterocycles. The van der Waals surface area contributed by atoms with E-state index < -0.39 is 4.92 Å². The van der Waals surface area contributed by atoms with Gasteiger partial charge in [-0.05, 0) is 36.0 Å². The van der Waals surface area contributed by atoms with Gasteiger partial charge in [0.15, 0.2) is 0 Å². The van der Waals surface area contributed by atoms with Gasteiger partial charge in [0.25, 0.3) is 5.69 Å². The number of rotatable bonds is 5. The second-order valence-corrected chi connectivity index (χ2v) is 5.19. The third-order valence-corrected chi connectivity index (χ3v) is 3.44. The van der Waals surface area contributed by atoms with Gasteiger partial charge < -0.3 is 5.32 Å². The molecule has 2 rings (SSSR count). The van der Waals surface area contributed by atoms with Gasteiger partial charge in [0, 0.05) is 22.2 Å². The molecule has 0 aliphatic heterocycles. The van der Waals surface area contributed by atoms with Crippen molar-refractivity contribution in [1.82, 2.24) is 0 Å². The quantitative estimate of drug-likeness (QED) is 0.395. The van der Waals surface area contributed by atoms with E-state index >= 15 is 0 Å². The van der Waals surface area contributed by atoms with Crippen LogP contribution < -0.4 is 5.32 Å². The van der Waals surface area contributed by atoms with Crippen molar-refractivity contribution in [3.63, 3.8) is 0 Å². The Balaban J connectivity index is 2.04. The highest BCUT2D eigenvalue weighted by molar-refractivity contribution is 8.03. The monoisotopic (exact) mass is 313 g/mol. The fourth-order valence-electron chi connectivity index (χ4n) is 1.88. The number of benzene rings is 2. The summed E-state index contributed by atoms with van der Waals surface area (Å²) in [5.74, 6) is -0.338. The summed E-state index contributed by atoms with van der Waals surface area (Å²) >= 11 is 1.03. The van der Waals surface area contributed by atoms with Crippen LogP contribution >= 0.6 is 11.8 Å². The number of para-hydroxylation sites is 1. The number of thiocyanates is 1. The molecule has 2 aromatic carbocycles. The van der Waals surface area contributed by atoms with Crippen LogP contribution in [0.1, 0.15) is 5.56 Å². The minimum atomic E-state index is -0.503. The fourth-order valence-corrected chi connectivity index (χ4v) is 2.25. The summed E-state index contributed by atoms with van der Waals surface area (Å²) in [6.45, 7) is 0. The molecule has 22 heavy (non-hydrogen) atoms. The van der Waals surface area contributed by atoms with E-state index in [-0.39, 0.29) is 18.0 Å². The number of hydrogen-bond acceptors (Lipinski definition) is 5. The molecular weight excluding hydrogens is 302 g/mol. The molecule has 6 nitrogen and oxygen atoms in total. The molecule has 0 spiro atoms. The molecule has 0 atom stereocenters. The predicted octanol–water partition coefficient (Wildman–Crippen LogP) is 3.35. The largest absolute Gasteiger partial charge is 0.326 e. The summed E-state index contributed by atoms with van der Waals surface area (Å²) in [6.07, 6.45) is -0.0775. The Bertz CT molecular complexity index is 738. The first-order valence-corrected chi connectivity index (χ1v) is 7.10. The first kappa shape index (κ1) is 15.5. The van der Waals surface area contributed by atoms with Crippen molar-refractivity contribution >= 4 is 29.0 Å². The predicted molar refractivity (Wildman–Crippen MR) is 83.3 cm³/mol. The van der Waals surface area contributed by atoms with Gasteiger partial charge in [-0.25, -0.2) is 0 Å². The number of carbonyl (C=O) groups is 1. The molecule has 1 N–H and O–H groups in total. The van der Waals surface area contributed by atoms with Crippen LogP contribution in [-0.4, -0.2) is 10.8 Å². The lowest BCUT2D eigenvalue weighted by atomic mass is 10.1. The third-order valence-electron chi connectivity index (χ3n) is 2.84. The molecule has 7 heteroatoms. The van der Waals surface area contributed by atoms with Gasteiger partial charge >= 0.3 is 0 Å². The molecule has 0 aromatic heterocycles. The molecule has 1 amide bonds. The van der Waals surface area contributed by atoms with E-state index in [4.69, 9.17) is 5.26 Å². The number of hydrogen-bond donors (Lipinski definition) is 1. The first-order chi connectivity index (χ1) is 10.6. The van der Waals surface area contributed by atoms with Crippen molar-refractivity contribution in [3.05, 3.63) is 64.2 Å². The fraction of sp³-hybridized carbons (Fsp3) is 0.0667. The lowest BCUT2D eigenvalue weighted by molar-refractivity contribution is -0.385. The average molecular weight is 313 g/mol. The number of nitro groups is 1. The van der Waals surface area contributed by atoms with E-state index in [0.717, 1.165) is 16.7 Å². The van der Waals surface area contributed by atoms with Crippen molar-refractivity contribution in [3.8, 4) is 5.40 Å².